The average molecular weight is 227 g/mol. The fourth-order valence-corrected chi connectivity index (χ4v) is 1.22. The molecule has 0 N–H and O–H groups in total. The predicted octanol–water partition coefficient (Wildman–Crippen LogP) is 2.11. The van der Waals surface area contributed by atoms with Crippen LogP contribution in [0.2, 0.25) is 5.22 Å². The summed E-state index contributed by atoms with van der Waals surface area (Å²) < 4.78 is 9.97. The maximum atomic E-state index is 10.8. The Bertz CT molecular complexity index is 489. The van der Waals surface area contributed by atoms with Gasteiger partial charge in [0.2, 0.25) is 0 Å². The van der Waals surface area contributed by atoms with E-state index in [0.717, 1.165) is 0 Å². The molecule has 0 amide bonds. The van der Waals surface area contributed by atoms with Crippen molar-refractivity contribution in [3.05, 3.63) is 23.2 Å². The van der Waals surface area contributed by atoms with Gasteiger partial charge in [0.05, 0.1) is 6.42 Å². The molecule has 78 valence electrons. The minimum Gasteiger partial charge on any atom is -0.440 e. The van der Waals surface area contributed by atoms with Crippen LogP contribution < -0.4 is 0 Å². The summed E-state index contributed by atoms with van der Waals surface area (Å²) >= 11 is 5.59. The molecule has 0 aromatic carbocycles. The highest BCUT2D eigenvalue weighted by molar-refractivity contribution is 6.28. The fourth-order valence-electron chi connectivity index (χ4n) is 1.08. The molecular weight excluding hydrogens is 220 g/mol. The molecule has 0 saturated carbocycles. The van der Waals surface area contributed by atoms with Gasteiger partial charge in [0, 0.05) is 0 Å². The van der Waals surface area contributed by atoms with Crippen molar-refractivity contribution in [1.29, 1.82) is 0 Å². The number of hydrogen-bond donors (Lipinski definition) is 0. The second-order valence-corrected chi connectivity index (χ2v) is 3.37. The van der Waals surface area contributed by atoms with Gasteiger partial charge in [-0.05, 0) is 30.7 Å². The fraction of sp³-hybridized carbons (Fsp3) is 0.222. The summed E-state index contributed by atoms with van der Waals surface area (Å²) in [7, 11) is 0. The first-order chi connectivity index (χ1) is 7.15. The van der Waals surface area contributed by atoms with Gasteiger partial charge in [-0.15, -0.1) is 0 Å². The zero-order valence-electron chi connectivity index (χ0n) is 7.86. The van der Waals surface area contributed by atoms with E-state index in [-0.39, 0.29) is 23.3 Å². The Morgan fingerprint density at radius 3 is 2.93 bits per heavy atom. The summed E-state index contributed by atoms with van der Waals surface area (Å²) in [6.45, 7) is 1.46. The number of nitrogens with zero attached hydrogens (tertiary/aromatic N) is 2. The Balaban J connectivity index is 2.23. The zero-order chi connectivity index (χ0) is 10.8. The van der Waals surface area contributed by atoms with Crippen molar-refractivity contribution in [2.24, 2.45) is 0 Å². The van der Waals surface area contributed by atoms with Crippen LogP contribution in [0.5, 0.6) is 0 Å². The largest absolute Gasteiger partial charge is 0.440 e. The third kappa shape index (κ3) is 2.24. The Morgan fingerprint density at radius 1 is 1.53 bits per heavy atom. The summed E-state index contributed by atoms with van der Waals surface area (Å²) in [5.41, 5.74) is 0. The van der Waals surface area contributed by atoms with Gasteiger partial charge in [-0.1, -0.05) is 5.16 Å². The lowest BCUT2D eigenvalue weighted by Gasteiger charge is -1.84. The van der Waals surface area contributed by atoms with Crippen LogP contribution in [-0.4, -0.2) is 15.9 Å². The Morgan fingerprint density at radius 2 is 2.33 bits per heavy atom. The Labute approximate surface area is 90.0 Å². The SMILES string of the molecule is CC(=O)Cc1noc(-c2ccc(Cl)o2)n1. The third-order valence-corrected chi connectivity index (χ3v) is 1.86. The number of aromatic nitrogens is 2. The molecule has 0 fully saturated rings. The van der Waals surface area contributed by atoms with Gasteiger partial charge < -0.3 is 8.94 Å². The van der Waals surface area contributed by atoms with Gasteiger partial charge in [0.1, 0.15) is 5.78 Å². The van der Waals surface area contributed by atoms with Crippen LogP contribution in [0.1, 0.15) is 12.7 Å². The molecule has 15 heavy (non-hydrogen) atoms. The lowest BCUT2D eigenvalue weighted by atomic mass is 10.3. The first kappa shape index (κ1) is 9.92. The van der Waals surface area contributed by atoms with Crippen LogP contribution in [0.3, 0.4) is 0 Å². The smallest absolute Gasteiger partial charge is 0.293 e. The van der Waals surface area contributed by atoms with Crippen molar-refractivity contribution in [3.8, 4) is 11.7 Å². The Hall–Kier alpha value is -1.62. The molecular formula is C9H7ClN2O3. The number of Topliss-reactive ketones (excluding diaryl/α,β-unsaturated/α-hetero) is 1. The molecule has 0 saturated heterocycles. The maximum absolute atomic E-state index is 10.8. The highest BCUT2D eigenvalue weighted by Crippen LogP contribution is 2.22. The minimum absolute atomic E-state index is 0.0279. The molecule has 2 aromatic rings. The van der Waals surface area contributed by atoms with E-state index < -0.39 is 0 Å². The van der Waals surface area contributed by atoms with Crippen LogP contribution in [0.15, 0.2) is 21.1 Å². The quantitative estimate of drug-likeness (QED) is 0.802. The van der Waals surface area contributed by atoms with Crippen LogP contribution in [0, 0.1) is 0 Å². The minimum atomic E-state index is -0.0279. The van der Waals surface area contributed by atoms with Crippen molar-refractivity contribution >= 4 is 17.4 Å². The summed E-state index contributed by atoms with van der Waals surface area (Å²) in [5, 5.41) is 3.88. The predicted molar refractivity (Wildman–Crippen MR) is 51.4 cm³/mol. The van der Waals surface area contributed by atoms with Crippen molar-refractivity contribution < 1.29 is 13.7 Å². The van der Waals surface area contributed by atoms with Gasteiger partial charge in [0.25, 0.3) is 5.89 Å². The monoisotopic (exact) mass is 226 g/mol. The average Bonchev–Trinajstić information content (AvgIpc) is 2.72. The van der Waals surface area contributed by atoms with E-state index in [2.05, 4.69) is 10.1 Å². The number of ketones is 1. The number of carbonyl (C=O) groups is 1. The molecule has 5 nitrogen and oxygen atoms in total. The van der Waals surface area contributed by atoms with Gasteiger partial charge in [0.15, 0.2) is 16.8 Å². The second kappa shape index (κ2) is 3.86. The number of furan rings is 1. The lowest BCUT2D eigenvalue weighted by molar-refractivity contribution is -0.116. The first-order valence-electron chi connectivity index (χ1n) is 4.23. The molecule has 2 aromatic heterocycles. The van der Waals surface area contributed by atoms with Crippen LogP contribution in [0.4, 0.5) is 0 Å². The van der Waals surface area contributed by atoms with Crippen molar-refractivity contribution in [2.75, 3.05) is 0 Å². The van der Waals surface area contributed by atoms with Gasteiger partial charge in [-0.3, -0.25) is 4.79 Å². The van der Waals surface area contributed by atoms with Crippen molar-refractivity contribution in [3.63, 3.8) is 0 Å². The molecule has 0 bridgehead atoms. The summed E-state index contributed by atoms with van der Waals surface area (Å²) in [4.78, 5) is 14.8. The van der Waals surface area contributed by atoms with Crippen LogP contribution in [-0.2, 0) is 11.2 Å². The normalized spacial score (nSPS) is 10.5. The number of halogens is 1. The molecule has 0 aliphatic carbocycles. The van der Waals surface area contributed by atoms with Gasteiger partial charge >= 0.3 is 0 Å². The molecule has 0 atom stereocenters. The highest BCUT2D eigenvalue weighted by atomic mass is 35.5. The van der Waals surface area contributed by atoms with Crippen molar-refractivity contribution in [1.82, 2.24) is 10.1 Å². The van der Waals surface area contributed by atoms with Crippen LogP contribution >= 0.6 is 11.6 Å². The molecule has 0 aliphatic rings. The highest BCUT2D eigenvalue weighted by Gasteiger charge is 2.13. The molecule has 0 aliphatic heterocycles. The maximum Gasteiger partial charge on any atom is 0.293 e. The van der Waals surface area contributed by atoms with E-state index in [4.69, 9.17) is 20.5 Å². The summed E-state index contributed by atoms with van der Waals surface area (Å²) in [6.07, 6.45) is 0.151. The standard InChI is InChI=1S/C9H7ClN2O3/c1-5(13)4-8-11-9(15-12-8)6-2-3-7(10)14-6/h2-3H,4H2,1H3. The molecule has 2 rings (SSSR count). The summed E-state index contributed by atoms with van der Waals surface area (Å²) in [5.74, 6) is 0.922. The summed E-state index contributed by atoms with van der Waals surface area (Å²) in [6, 6.07) is 3.19. The van der Waals surface area contributed by atoms with E-state index in [1.54, 1.807) is 12.1 Å². The molecule has 0 spiro atoms. The molecule has 6 heteroatoms. The topological polar surface area (TPSA) is 69.1 Å². The van der Waals surface area contributed by atoms with Crippen molar-refractivity contribution in [2.45, 2.75) is 13.3 Å². The third-order valence-electron chi connectivity index (χ3n) is 1.66. The van der Waals surface area contributed by atoms with E-state index in [1.165, 1.54) is 6.92 Å². The van der Waals surface area contributed by atoms with Gasteiger partial charge in [-0.25, -0.2) is 0 Å². The lowest BCUT2D eigenvalue weighted by Crippen LogP contribution is -1.97. The number of hydrogen-bond acceptors (Lipinski definition) is 5. The molecule has 2 heterocycles. The molecule has 0 unspecified atom stereocenters. The number of carbonyl (C=O) groups excluding carboxylic acids is 1. The van der Waals surface area contributed by atoms with E-state index >= 15 is 0 Å². The zero-order valence-corrected chi connectivity index (χ0v) is 8.61. The first-order valence-corrected chi connectivity index (χ1v) is 4.60. The van der Waals surface area contributed by atoms with E-state index in [9.17, 15) is 4.79 Å². The molecule has 0 radical (unpaired) electrons. The van der Waals surface area contributed by atoms with Gasteiger partial charge in [-0.2, -0.15) is 4.98 Å². The second-order valence-electron chi connectivity index (χ2n) is 3.00. The van der Waals surface area contributed by atoms with E-state index in [1.807, 2.05) is 0 Å². The van der Waals surface area contributed by atoms with E-state index in [0.29, 0.717) is 11.6 Å². The number of rotatable bonds is 3. The Kier molecular flexibility index (Phi) is 2.55. The van der Waals surface area contributed by atoms with Crippen LogP contribution in [0.25, 0.3) is 11.7 Å².